The molecule has 0 saturated heterocycles. The number of rotatable bonds is 4. The van der Waals surface area contributed by atoms with Crippen molar-refractivity contribution in [2.24, 2.45) is 0 Å². The fourth-order valence-electron chi connectivity index (χ4n) is 1.24. The number of nitrogens with zero attached hydrogens (tertiary/aromatic N) is 1. The molecule has 1 aromatic heterocycles. The second-order valence-electron chi connectivity index (χ2n) is 3.29. The Bertz CT molecular complexity index is 291. The molecule has 0 aliphatic heterocycles. The molecule has 1 aromatic rings. The van der Waals surface area contributed by atoms with Gasteiger partial charge in [-0.15, -0.1) is 17.9 Å². The van der Waals surface area contributed by atoms with Crippen LogP contribution in [0.25, 0.3) is 0 Å². The molecule has 0 aliphatic rings. The van der Waals surface area contributed by atoms with Crippen molar-refractivity contribution in [1.82, 2.24) is 10.3 Å². The van der Waals surface area contributed by atoms with Crippen molar-refractivity contribution in [3.05, 3.63) is 28.2 Å². The lowest BCUT2D eigenvalue weighted by Gasteiger charge is -2.13. The van der Waals surface area contributed by atoms with Gasteiger partial charge in [-0.2, -0.15) is 0 Å². The third kappa shape index (κ3) is 2.94. The van der Waals surface area contributed by atoms with E-state index >= 15 is 0 Å². The van der Waals surface area contributed by atoms with Crippen molar-refractivity contribution in [1.29, 1.82) is 0 Å². The van der Waals surface area contributed by atoms with E-state index in [-0.39, 0.29) is 0 Å². The highest BCUT2D eigenvalue weighted by Gasteiger charge is 2.11. The number of aromatic nitrogens is 1. The monoisotopic (exact) mass is 196 g/mol. The zero-order valence-electron chi connectivity index (χ0n) is 8.42. The second-order valence-corrected chi connectivity index (χ2v) is 4.36. The van der Waals surface area contributed by atoms with Gasteiger partial charge in [-0.3, -0.25) is 0 Å². The van der Waals surface area contributed by atoms with Gasteiger partial charge in [0.25, 0.3) is 0 Å². The molecule has 1 unspecified atom stereocenters. The fraction of sp³-hybridized carbons (Fsp3) is 0.500. The van der Waals surface area contributed by atoms with Crippen molar-refractivity contribution in [2.45, 2.75) is 26.3 Å². The van der Waals surface area contributed by atoms with Gasteiger partial charge in [-0.1, -0.05) is 5.57 Å². The lowest BCUT2D eigenvalue weighted by molar-refractivity contribution is 0.576. The van der Waals surface area contributed by atoms with E-state index in [4.69, 9.17) is 0 Å². The molecule has 1 atom stereocenters. The van der Waals surface area contributed by atoms with Gasteiger partial charge in [0.1, 0.15) is 0 Å². The van der Waals surface area contributed by atoms with Crippen LogP contribution in [0.1, 0.15) is 30.1 Å². The molecule has 0 saturated carbocycles. The van der Waals surface area contributed by atoms with Crippen LogP contribution in [0.3, 0.4) is 0 Å². The first-order chi connectivity index (χ1) is 6.13. The summed E-state index contributed by atoms with van der Waals surface area (Å²) in [5.41, 5.74) is 2.32. The maximum Gasteiger partial charge on any atom is 0.0898 e. The van der Waals surface area contributed by atoms with Crippen molar-refractivity contribution in [2.75, 3.05) is 7.05 Å². The van der Waals surface area contributed by atoms with Crippen LogP contribution < -0.4 is 5.32 Å². The first kappa shape index (κ1) is 10.4. The smallest absolute Gasteiger partial charge is 0.0898 e. The number of nitrogens with one attached hydrogen (secondary N) is 1. The van der Waals surface area contributed by atoms with Crippen molar-refractivity contribution in [3.63, 3.8) is 0 Å². The summed E-state index contributed by atoms with van der Waals surface area (Å²) in [6.07, 6.45) is 0.958. The van der Waals surface area contributed by atoms with E-state index in [1.54, 1.807) is 11.3 Å². The average Bonchev–Trinajstić information content (AvgIpc) is 2.47. The Labute approximate surface area is 83.7 Å². The van der Waals surface area contributed by atoms with Gasteiger partial charge >= 0.3 is 0 Å². The summed E-state index contributed by atoms with van der Waals surface area (Å²) in [7, 11) is 1.96. The van der Waals surface area contributed by atoms with Crippen LogP contribution >= 0.6 is 11.3 Å². The highest BCUT2D eigenvalue weighted by molar-refractivity contribution is 7.09. The molecule has 0 spiro atoms. The van der Waals surface area contributed by atoms with Gasteiger partial charge < -0.3 is 5.32 Å². The molecule has 1 heterocycles. The summed E-state index contributed by atoms with van der Waals surface area (Å²) < 4.78 is 0. The molecule has 0 aliphatic carbocycles. The molecule has 0 amide bonds. The van der Waals surface area contributed by atoms with E-state index in [9.17, 15) is 0 Å². The zero-order chi connectivity index (χ0) is 9.84. The van der Waals surface area contributed by atoms with E-state index in [1.165, 1.54) is 5.57 Å². The first-order valence-electron chi connectivity index (χ1n) is 4.37. The van der Waals surface area contributed by atoms with Gasteiger partial charge in [0, 0.05) is 5.38 Å². The third-order valence-corrected chi connectivity index (χ3v) is 2.69. The number of thiazole rings is 1. The summed E-state index contributed by atoms with van der Waals surface area (Å²) in [6, 6.07) is 0.322. The number of hydrogen-bond donors (Lipinski definition) is 1. The third-order valence-electron chi connectivity index (χ3n) is 1.89. The molecule has 0 radical (unpaired) electrons. The standard InChI is InChI=1S/C10H16N2S/c1-7(2)5-9(11-4)10-6-13-8(3)12-10/h6,9,11H,1,5H2,2-4H3. The minimum Gasteiger partial charge on any atom is -0.311 e. The summed E-state index contributed by atoms with van der Waals surface area (Å²) in [5.74, 6) is 0. The van der Waals surface area contributed by atoms with Gasteiger partial charge in [0.05, 0.1) is 16.7 Å². The van der Waals surface area contributed by atoms with E-state index in [2.05, 4.69) is 22.3 Å². The SMILES string of the molecule is C=C(C)CC(NC)c1csc(C)n1. The van der Waals surface area contributed by atoms with Crippen LogP contribution in [0.15, 0.2) is 17.5 Å². The average molecular weight is 196 g/mol. The van der Waals surface area contributed by atoms with Crippen LogP contribution in [0.5, 0.6) is 0 Å². The molecule has 72 valence electrons. The summed E-state index contributed by atoms with van der Waals surface area (Å²) >= 11 is 1.69. The molecule has 0 fully saturated rings. The summed E-state index contributed by atoms with van der Waals surface area (Å²) in [4.78, 5) is 4.45. The number of aryl methyl sites for hydroxylation is 1. The van der Waals surface area contributed by atoms with Crippen LogP contribution in [0.4, 0.5) is 0 Å². The van der Waals surface area contributed by atoms with Gasteiger partial charge in [0.2, 0.25) is 0 Å². The van der Waals surface area contributed by atoms with Crippen LogP contribution in [-0.4, -0.2) is 12.0 Å². The van der Waals surface area contributed by atoms with E-state index in [1.807, 2.05) is 20.9 Å². The van der Waals surface area contributed by atoms with Crippen LogP contribution in [-0.2, 0) is 0 Å². The second kappa shape index (κ2) is 4.53. The summed E-state index contributed by atoms with van der Waals surface area (Å²) in [5, 5.41) is 6.48. The Kier molecular flexibility index (Phi) is 3.63. The minimum absolute atomic E-state index is 0.322. The highest BCUT2D eigenvalue weighted by atomic mass is 32.1. The Balaban J connectivity index is 2.72. The quantitative estimate of drug-likeness (QED) is 0.749. The van der Waals surface area contributed by atoms with Gasteiger partial charge in [-0.25, -0.2) is 4.98 Å². The lowest BCUT2D eigenvalue weighted by atomic mass is 10.1. The molecule has 0 aromatic carbocycles. The van der Waals surface area contributed by atoms with Crippen LogP contribution in [0, 0.1) is 6.92 Å². The molecule has 3 heteroatoms. The molecule has 13 heavy (non-hydrogen) atoms. The molecule has 1 rings (SSSR count). The summed E-state index contributed by atoms with van der Waals surface area (Å²) in [6.45, 7) is 7.99. The minimum atomic E-state index is 0.322. The topological polar surface area (TPSA) is 24.9 Å². The lowest BCUT2D eigenvalue weighted by Crippen LogP contribution is -2.16. The van der Waals surface area contributed by atoms with Gasteiger partial charge in [0.15, 0.2) is 0 Å². The first-order valence-corrected chi connectivity index (χ1v) is 5.25. The largest absolute Gasteiger partial charge is 0.311 e. The Morgan fingerprint density at radius 3 is 2.85 bits per heavy atom. The van der Waals surface area contributed by atoms with Gasteiger partial charge in [-0.05, 0) is 27.3 Å². The zero-order valence-corrected chi connectivity index (χ0v) is 9.24. The Hall–Kier alpha value is -0.670. The predicted octanol–water partition coefficient (Wildman–Crippen LogP) is 2.68. The number of hydrogen-bond acceptors (Lipinski definition) is 3. The van der Waals surface area contributed by atoms with E-state index in [0.717, 1.165) is 17.1 Å². The molecular formula is C10H16N2S. The Morgan fingerprint density at radius 2 is 2.46 bits per heavy atom. The van der Waals surface area contributed by atoms with Crippen molar-refractivity contribution >= 4 is 11.3 Å². The van der Waals surface area contributed by atoms with E-state index < -0.39 is 0 Å². The predicted molar refractivity (Wildman–Crippen MR) is 58.1 cm³/mol. The van der Waals surface area contributed by atoms with Crippen molar-refractivity contribution in [3.8, 4) is 0 Å². The normalized spacial score (nSPS) is 12.8. The molecular weight excluding hydrogens is 180 g/mol. The highest BCUT2D eigenvalue weighted by Crippen LogP contribution is 2.21. The van der Waals surface area contributed by atoms with Crippen molar-refractivity contribution < 1.29 is 0 Å². The molecule has 1 N–H and O–H groups in total. The maximum absolute atomic E-state index is 4.45. The fourth-order valence-corrected chi connectivity index (χ4v) is 1.91. The maximum atomic E-state index is 4.45. The van der Waals surface area contributed by atoms with Crippen LogP contribution in [0.2, 0.25) is 0 Å². The Morgan fingerprint density at radius 1 is 1.77 bits per heavy atom. The molecule has 0 bridgehead atoms. The molecule has 2 nitrogen and oxygen atoms in total. The van der Waals surface area contributed by atoms with E-state index in [0.29, 0.717) is 6.04 Å².